The number of nitrogens with one attached hydrogen (secondary N) is 1. The Bertz CT molecular complexity index is 633. The predicted octanol–water partition coefficient (Wildman–Crippen LogP) is 5.09. The average molecular weight is 495 g/mol. The monoisotopic (exact) mass is 495 g/mol. The molecule has 0 spiro atoms. The van der Waals surface area contributed by atoms with Crippen LogP contribution in [0.2, 0.25) is 0 Å². The number of carbonyl (C=O) groups excluding carboxylic acids is 1. The fourth-order valence-corrected chi connectivity index (χ4v) is 2.74. The summed E-state index contributed by atoms with van der Waals surface area (Å²) in [4.78, 5) is 11.2. The highest BCUT2D eigenvalue weighted by atomic mass is 32.2. The molecule has 0 aromatic rings. The van der Waals surface area contributed by atoms with E-state index in [4.69, 9.17) is 0 Å². The van der Waals surface area contributed by atoms with E-state index in [0.717, 1.165) is 0 Å². The zero-order chi connectivity index (χ0) is 24.4. The van der Waals surface area contributed by atoms with Gasteiger partial charge >= 0.3 is 35.8 Å². The summed E-state index contributed by atoms with van der Waals surface area (Å²) in [7, 11) is -2.18. The molecule has 1 atom stereocenters. The van der Waals surface area contributed by atoms with E-state index < -0.39 is 65.5 Å². The molecule has 0 fully saturated rings. The molecule has 0 radical (unpaired) electrons. The molecule has 0 rings (SSSR count). The molecule has 0 aliphatic carbocycles. The van der Waals surface area contributed by atoms with Gasteiger partial charge in [0, 0.05) is 18.6 Å². The van der Waals surface area contributed by atoms with E-state index in [-0.39, 0.29) is 12.2 Å². The number of hydrogen-bond acceptors (Lipinski definition) is 2. The van der Waals surface area contributed by atoms with Crippen molar-refractivity contribution in [2.75, 3.05) is 5.75 Å². The molecule has 1 amide bonds. The number of alkyl halides is 13. The molecule has 0 aliphatic rings. The zero-order valence-corrected chi connectivity index (χ0v) is 15.5. The van der Waals surface area contributed by atoms with Crippen LogP contribution in [0, 0.1) is 0 Å². The Labute approximate surface area is 162 Å². The van der Waals surface area contributed by atoms with Crippen LogP contribution in [0.1, 0.15) is 32.6 Å². The number of rotatable bonds is 11. The van der Waals surface area contributed by atoms with Crippen molar-refractivity contribution in [1.29, 1.82) is 0 Å². The maximum Gasteiger partial charge on any atom is 0.460 e. The molecule has 0 aromatic carbocycles. The van der Waals surface area contributed by atoms with E-state index in [1.807, 2.05) is 0 Å². The first-order valence-corrected chi connectivity index (χ1v) is 9.05. The molecular formula is C13H14F13NO2S. The molecule has 180 valence electrons. The topological polar surface area (TPSA) is 46.2 Å². The number of amides is 1. The van der Waals surface area contributed by atoms with Crippen molar-refractivity contribution in [3.63, 3.8) is 0 Å². The third kappa shape index (κ3) is 5.30. The van der Waals surface area contributed by atoms with E-state index in [0.29, 0.717) is 6.42 Å². The molecule has 1 unspecified atom stereocenters. The van der Waals surface area contributed by atoms with Crippen LogP contribution in [0.5, 0.6) is 0 Å². The lowest BCUT2D eigenvalue weighted by Gasteiger charge is -2.39. The van der Waals surface area contributed by atoms with Crippen LogP contribution in [-0.4, -0.2) is 51.7 Å². The Morgan fingerprint density at radius 2 is 1.20 bits per heavy atom. The van der Waals surface area contributed by atoms with Gasteiger partial charge < -0.3 is 0 Å². The SMILES string of the molecule is CCCCS(=O)NC(=O)CCC(F)(F)C(F)(F)C(F)(F)C(F)(F)C(F)(F)C(F)(F)F. The van der Waals surface area contributed by atoms with Crippen molar-refractivity contribution >= 4 is 16.9 Å². The molecule has 3 nitrogen and oxygen atoms in total. The second-order valence-electron chi connectivity index (χ2n) is 5.93. The van der Waals surface area contributed by atoms with Crippen molar-refractivity contribution in [3.8, 4) is 0 Å². The van der Waals surface area contributed by atoms with Gasteiger partial charge in [0.15, 0.2) is 0 Å². The molecule has 0 heterocycles. The fraction of sp³-hybridized carbons (Fsp3) is 0.923. The Kier molecular flexibility index (Phi) is 8.67. The van der Waals surface area contributed by atoms with Gasteiger partial charge in [-0.1, -0.05) is 13.3 Å². The maximum absolute atomic E-state index is 13.5. The van der Waals surface area contributed by atoms with Crippen molar-refractivity contribution in [2.45, 2.75) is 68.4 Å². The van der Waals surface area contributed by atoms with Crippen molar-refractivity contribution in [2.24, 2.45) is 0 Å². The summed E-state index contributed by atoms with van der Waals surface area (Å²) in [5.74, 6) is -39.3. The van der Waals surface area contributed by atoms with Gasteiger partial charge in [-0.2, -0.15) is 57.1 Å². The smallest absolute Gasteiger partial charge is 0.275 e. The summed E-state index contributed by atoms with van der Waals surface area (Å²) in [6, 6.07) is 0. The van der Waals surface area contributed by atoms with Gasteiger partial charge in [0.2, 0.25) is 5.91 Å². The van der Waals surface area contributed by atoms with E-state index >= 15 is 0 Å². The zero-order valence-electron chi connectivity index (χ0n) is 14.7. The third-order valence-corrected chi connectivity index (χ3v) is 4.69. The lowest BCUT2D eigenvalue weighted by molar-refractivity contribution is -0.440. The molecule has 30 heavy (non-hydrogen) atoms. The van der Waals surface area contributed by atoms with Crippen LogP contribution in [0.25, 0.3) is 0 Å². The molecule has 0 saturated heterocycles. The van der Waals surface area contributed by atoms with Gasteiger partial charge in [0.05, 0.1) is 0 Å². The fourth-order valence-electron chi connectivity index (χ4n) is 1.73. The van der Waals surface area contributed by atoms with Crippen LogP contribution < -0.4 is 4.72 Å². The van der Waals surface area contributed by atoms with Crippen LogP contribution >= 0.6 is 0 Å². The van der Waals surface area contributed by atoms with Crippen LogP contribution in [0.4, 0.5) is 57.1 Å². The maximum atomic E-state index is 13.5. The van der Waals surface area contributed by atoms with Gasteiger partial charge in [-0.15, -0.1) is 0 Å². The lowest BCUT2D eigenvalue weighted by atomic mass is 9.92. The second kappa shape index (κ2) is 9.06. The van der Waals surface area contributed by atoms with Gasteiger partial charge in [-0.05, 0) is 6.42 Å². The van der Waals surface area contributed by atoms with Crippen molar-refractivity contribution in [3.05, 3.63) is 0 Å². The number of hydrogen-bond donors (Lipinski definition) is 1. The van der Waals surface area contributed by atoms with Crippen LogP contribution in [0.3, 0.4) is 0 Å². The first-order valence-electron chi connectivity index (χ1n) is 7.73. The minimum absolute atomic E-state index is 0.203. The third-order valence-electron chi connectivity index (χ3n) is 3.58. The molecule has 0 bridgehead atoms. The average Bonchev–Trinajstić information content (AvgIpc) is 2.56. The number of halogens is 13. The lowest BCUT2D eigenvalue weighted by Crippen LogP contribution is -2.70. The highest BCUT2D eigenvalue weighted by molar-refractivity contribution is 7.83. The summed E-state index contributed by atoms with van der Waals surface area (Å²) in [6.45, 7) is 1.62. The molecule has 1 N–H and O–H groups in total. The number of carbonyl (C=O) groups is 1. The van der Waals surface area contributed by atoms with Gasteiger partial charge in [0.25, 0.3) is 0 Å². The quantitative estimate of drug-likeness (QED) is 0.407. The first-order chi connectivity index (χ1) is 13.1. The Hall–Kier alpha value is -1.29. The Morgan fingerprint density at radius 1 is 0.767 bits per heavy atom. The molecule has 0 aliphatic heterocycles. The minimum atomic E-state index is -7.98. The van der Waals surface area contributed by atoms with Gasteiger partial charge in [-0.25, -0.2) is 4.21 Å². The standard InChI is InChI=1S/C13H14F13NO2S/c1-2-3-6-30(29)27-7(28)4-5-8(14,15)9(16,17)10(18,19)11(20,21)12(22,23)13(24,25)26/h2-6H2,1H3,(H,27,28). The molecule has 0 saturated carbocycles. The van der Waals surface area contributed by atoms with E-state index in [1.165, 1.54) is 4.72 Å². The van der Waals surface area contributed by atoms with Gasteiger partial charge in [-0.3, -0.25) is 9.52 Å². The van der Waals surface area contributed by atoms with E-state index in [2.05, 4.69) is 0 Å². The molecule has 0 aromatic heterocycles. The summed E-state index contributed by atoms with van der Waals surface area (Å²) in [5, 5.41) is 0. The largest absolute Gasteiger partial charge is 0.460 e. The predicted molar refractivity (Wildman–Crippen MR) is 76.1 cm³/mol. The molecule has 17 heteroatoms. The first kappa shape index (κ1) is 28.7. The summed E-state index contributed by atoms with van der Waals surface area (Å²) < 4.78 is 180. The number of unbranched alkanes of at least 4 members (excludes halogenated alkanes) is 1. The van der Waals surface area contributed by atoms with Gasteiger partial charge in [0.1, 0.15) is 11.0 Å². The summed E-state index contributed by atoms with van der Waals surface area (Å²) in [6.07, 6.45) is -11.2. The second-order valence-corrected chi connectivity index (χ2v) is 7.23. The molecular weight excluding hydrogens is 481 g/mol. The summed E-state index contributed by atoms with van der Waals surface area (Å²) in [5.41, 5.74) is 0. The van der Waals surface area contributed by atoms with Crippen LogP contribution in [-0.2, 0) is 15.8 Å². The minimum Gasteiger partial charge on any atom is -0.275 e. The van der Waals surface area contributed by atoms with E-state index in [1.54, 1.807) is 6.92 Å². The van der Waals surface area contributed by atoms with E-state index in [9.17, 15) is 66.1 Å². The summed E-state index contributed by atoms with van der Waals surface area (Å²) >= 11 is 0. The van der Waals surface area contributed by atoms with Crippen molar-refractivity contribution in [1.82, 2.24) is 4.72 Å². The highest BCUT2D eigenvalue weighted by Crippen LogP contribution is 2.60. The van der Waals surface area contributed by atoms with Crippen LogP contribution in [0.15, 0.2) is 0 Å². The highest BCUT2D eigenvalue weighted by Gasteiger charge is 2.90. The Morgan fingerprint density at radius 3 is 1.60 bits per heavy atom. The Balaban J connectivity index is 5.61. The normalized spacial score (nSPS) is 15.8. The van der Waals surface area contributed by atoms with Crippen molar-refractivity contribution < 1.29 is 66.1 Å².